The fourth-order valence-corrected chi connectivity index (χ4v) is 3.30. The summed E-state index contributed by atoms with van der Waals surface area (Å²) in [5, 5.41) is 2.88. The van der Waals surface area contributed by atoms with E-state index in [4.69, 9.17) is 4.74 Å². The van der Waals surface area contributed by atoms with E-state index in [1.54, 1.807) is 9.80 Å². The van der Waals surface area contributed by atoms with Crippen molar-refractivity contribution in [2.45, 2.75) is 39.3 Å². The molecular formula is C22H29N5O4. The molecule has 9 heteroatoms. The number of aromatic nitrogens is 2. The Morgan fingerprint density at radius 3 is 2.29 bits per heavy atom. The predicted molar refractivity (Wildman–Crippen MR) is 115 cm³/mol. The van der Waals surface area contributed by atoms with Crippen molar-refractivity contribution in [2.24, 2.45) is 0 Å². The van der Waals surface area contributed by atoms with Gasteiger partial charge in [0.05, 0.1) is 12.4 Å². The number of benzene rings is 1. The Hall–Kier alpha value is -3.36. The third-order valence-electron chi connectivity index (χ3n) is 4.93. The van der Waals surface area contributed by atoms with E-state index in [0.717, 1.165) is 5.56 Å². The van der Waals surface area contributed by atoms with Gasteiger partial charge in [-0.05, 0) is 33.3 Å². The first kappa shape index (κ1) is 22.3. The summed E-state index contributed by atoms with van der Waals surface area (Å²) in [5.74, 6) is -0.743. The van der Waals surface area contributed by atoms with Gasteiger partial charge in [-0.1, -0.05) is 30.3 Å². The number of H-pyrrole nitrogens is 1. The molecule has 0 aliphatic carbocycles. The van der Waals surface area contributed by atoms with E-state index in [0.29, 0.717) is 26.2 Å². The second-order valence-electron chi connectivity index (χ2n) is 8.49. The number of carbonyl (C=O) groups excluding carboxylic acids is 3. The average Bonchev–Trinajstić information content (AvgIpc) is 3.23. The summed E-state index contributed by atoms with van der Waals surface area (Å²) in [6.07, 6.45) is 0.947. The lowest BCUT2D eigenvalue weighted by Gasteiger charge is -2.35. The number of imidazole rings is 1. The summed E-state index contributed by atoms with van der Waals surface area (Å²) in [6.45, 7) is 8.73. The van der Waals surface area contributed by atoms with E-state index in [2.05, 4.69) is 15.3 Å². The number of piperazine rings is 1. The zero-order chi connectivity index (χ0) is 22.6. The first-order valence-electron chi connectivity index (χ1n) is 10.3. The highest BCUT2D eigenvalue weighted by Crippen LogP contribution is 2.16. The van der Waals surface area contributed by atoms with Crippen molar-refractivity contribution < 1.29 is 19.1 Å². The molecule has 1 aliphatic heterocycles. The average molecular weight is 428 g/mol. The van der Waals surface area contributed by atoms with Crippen molar-refractivity contribution in [3.63, 3.8) is 0 Å². The first-order valence-corrected chi connectivity index (χ1v) is 10.3. The molecule has 2 heterocycles. The van der Waals surface area contributed by atoms with E-state index in [1.165, 1.54) is 6.33 Å². The van der Waals surface area contributed by atoms with Crippen LogP contribution in [0.15, 0.2) is 36.7 Å². The Morgan fingerprint density at radius 1 is 1.06 bits per heavy atom. The molecule has 1 atom stereocenters. The van der Waals surface area contributed by atoms with E-state index in [9.17, 15) is 14.4 Å². The lowest BCUT2D eigenvalue weighted by molar-refractivity contribution is 0.0140. The molecule has 0 spiro atoms. The monoisotopic (exact) mass is 427 g/mol. The smallest absolute Gasteiger partial charge is 0.410 e. The summed E-state index contributed by atoms with van der Waals surface area (Å²) in [4.78, 5) is 48.0. The topological polar surface area (TPSA) is 108 Å². The van der Waals surface area contributed by atoms with Gasteiger partial charge in [-0.2, -0.15) is 0 Å². The van der Waals surface area contributed by atoms with Gasteiger partial charge in [-0.3, -0.25) is 9.59 Å². The number of hydrogen-bond acceptors (Lipinski definition) is 5. The van der Waals surface area contributed by atoms with Crippen molar-refractivity contribution in [2.75, 3.05) is 26.2 Å². The lowest BCUT2D eigenvalue weighted by Crippen LogP contribution is -2.51. The molecule has 3 rings (SSSR count). The molecule has 1 saturated heterocycles. The van der Waals surface area contributed by atoms with Crippen LogP contribution in [-0.4, -0.2) is 69.5 Å². The maximum Gasteiger partial charge on any atom is 0.410 e. The van der Waals surface area contributed by atoms with Crippen LogP contribution in [-0.2, 0) is 4.74 Å². The second-order valence-corrected chi connectivity index (χ2v) is 8.49. The summed E-state index contributed by atoms with van der Waals surface area (Å²) in [7, 11) is 0. The largest absolute Gasteiger partial charge is 0.444 e. The Morgan fingerprint density at radius 2 is 1.68 bits per heavy atom. The number of ether oxygens (including phenoxy) is 1. The molecule has 0 unspecified atom stereocenters. The molecular weight excluding hydrogens is 398 g/mol. The van der Waals surface area contributed by atoms with Gasteiger partial charge in [0.15, 0.2) is 5.69 Å². The van der Waals surface area contributed by atoms with Crippen LogP contribution in [0.1, 0.15) is 60.3 Å². The van der Waals surface area contributed by atoms with E-state index in [1.807, 2.05) is 58.0 Å². The standard InChI is InChI=1S/C22H29N5O4/c1-15(16-8-6-5-7-9-16)25-19(28)17-18(24-14-23-17)20(29)26-10-12-27(13-11-26)21(30)31-22(2,3)4/h5-9,14-15H,10-13H2,1-4H3,(H,23,24)(H,25,28)/t15-/m0/s1. The van der Waals surface area contributed by atoms with Crippen LogP contribution in [0.2, 0.25) is 0 Å². The Bertz CT molecular complexity index is 927. The maximum absolute atomic E-state index is 13.0. The van der Waals surface area contributed by atoms with E-state index in [-0.39, 0.29) is 23.3 Å². The van der Waals surface area contributed by atoms with Gasteiger partial charge in [-0.25, -0.2) is 9.78 Å². The van der Waals surface area contributed by atoms with Crippen LogP contribution in [0.3, 0.4) is 0 Å². The molecule has 1 aromatic heterocycles. The van der Waals surface area contributed by atoms with Gasteiger partial charge in [-0.15, -0.1) is 0 Å². The van der Waals surface area contributed by atoms with Crippen LogP contribution < -0.4 is 5.32 Å². The third-order valence-corrected chi connectivity index (χ3v) is 4.93. The van der Waals surface area contributed by atoms with E-state index < -0.39 is 17.6 Å². The highest BCUT2D eigenvalue weighted by atomic mass is 16.6. The van der Waals surface area contributed by atoms with Gasteiger partial charge in [0.1, 0.15) is 11.3 Å². The minimum absolute atomic E-state index is 0.0577. The van der Waals surface area contributed by atoms with Gasteiger partial charge in [0, 0.05) is 26.2 Å². The van der Waals surface area contributed by atoms with Crippen LogP contribution in [0, 0.1) is 0 Å². The molecule has 9 nitrogen and oxygen atoms in total. The van der Waals surface area contributed by atoms with Gasteiger partial charge < -0.3 is 24.8 Å². The van der Waals surface area contributed by atoms with Crippen molar-refractivity contribution in [1.29, 1.82) is 0 Å². The molecule has 2 N–H and O–H groups in total. The van der Waals surface area contributed by atoms with Crippen molar-refractivity contribution in [3.8, 4) is 0 Å². The first-order chi connectivity index (χ1) is 14.7. The zero-order valence-corrected chi connectivity index (χ0v) is 18.3. The molecule has 1 fully saturated rings. The summed E-state index contributed by atoms with van der Waals surface area (Å²) in [5.41, 5.74) is 0.586. The molecule has 1 aliphatic rings. The van der Waals surface area contributed by atoms with Crippen LogP contribution in [0.4, 0.5) is 4.79 Å². The molecule has 0 radical (unpaired) electrons. The molecule has 0 bridgehead atoms. The molecule has 1 aromatic carbocycles. The number of amides is 3. The Balaban J connectivity index is 1.61. The van der Waals surface area contributed by atoms with Crippen molar-refractivity contribution in [3.05, 3.63) is 53.6 Å². The van der Waals surface area contributed by atoms with Crippen LogP contribution >= 0.6 is 0 Å². The Kier molecular flexibility index (Phi) is 6.62. The third kappa shape index (κ3) is 5.62. The lowest BCUT2D eigenvalue weighted by atomic mass is 10.1. The van der Waals surface area contributed by atoms with Gasteiger partial charge in [0.2, 0.25) is 0 Å². The molecule has 31 heavy (non-hydrogen) atoms. The van der Waals surface area contributed by atoms with Crippen molar-refractivity contribution >= 4 is 17.9 Å². The van der Waals surface area contributed by atoms with Crippen LogP contribution in [0.5, 0.6) is 0 Å². The highest BCUT2D eigenvalue weighted by molar-refractivity contribution is 6.04. The number of rotatable bonds is 4. The zero-order valence-electron chi connectivity index (χ0n) is 18.3. The van der Waals surface area contributed by atoms with Crippen molar-refractivity contribution in [1.82, 2.24) is 25.1 Å². The predicted octanol–water partition coefficient (Wildman–Crippen LogP) is 2.59. The number of nitrogens with one attached hydrogen (secondary N) is 2. The molecule has 166 valence electrons. The fourth-order valence-electron chi connectivity index (χ4n) is 3.30. The quantitative estimate of drug-likeness (QED) is 0.780. The highest BCUT2D eigenvalue weighted by Gasteiger charge is 2.31. The SMILES string of the molecule is C[C@H](NC(=O)c1nc[nH]c1C(=O)N1CCN(C(=O)OC(C)(C)C)CC1)c1ccccc1. The maximum atomic E-state index is 13.0. The Labute approximate surface area is 181 Å². The molecule has 2 aromatic rings. The molecule has 0 saturated carbocycles. The minimum Gasteiger partial charge on any atom is -0.444 e. The minimum atomic E-state index is -0.570. The van der Waals surface area contributed by atoms with E-state index >= 15 is 0 Å². The van der Waals surface area contributed by atoms with Crippen LogP contribution in [0.25, 0.3) is 0 Å². The summed E-state index contributed by atoms with van der Waals surface area (Å²) >= 11 is 0. The molecule has 3 amide bonds. The number of hydrogen-bond donors (Lipinski definition) is 2. The normalized spacial score (nSPS) is 15.4. The number of nitrogens with zero attached hydrogens (tertiary/aromatic N) is 3. The van der Waals surface area contributed by atoms with Gasteiger partial charge in [0.25, 0.3) is 11.8 Å². The van der Waals surface area contributed by atoms with Gasteiger partial charge >= 0.3 is 6.09 Å². The summed E-state index contributed by atoms with van der Waals surface area (Å²) < 4.78 is 5.38. The number of aromatic amines is 1. The second kappa shape index (κ2) is 9.20. The number of carbonyl (C=O) groups is 3. The fraction of sp³-hybridized carbons (Fsp3) is 0.455. The summed E-state index contributed by atoms with van der Waals surface area (Å²) in [6, 6.07) is 9.32.